The molecular formula is C47H54BrClO6Si. The van der Waals surface area contributed by atoms with Gasteiger partial charge >= 0.3 is 0 Å². The third-order valence-corrected chi connectivity index (χ3v) is 17.0. The second-order valence-corrected chi connectivity index (χ2v) is 21.0. The van der Waals surface area contributed by atoms with Crippen molar-refractivity contribution in [3.63, 3.8) is 0 Å². The van der Waals surface area contributed by atoms with E-state index in [1.807, 2.05) is 48.5 Å². The Morgan fingerprint density at radius 2 is 1.25 bits per heavy atom. The van der Waals surface area contributed by atoms with Crippen LogP contribution in [0.4, 0.5) is 0 Å². The van der Waals surface area contributed by atoms with Gasteiger partial charge in [0, 0.05) is 11.5 Å². The predicted octanol–water partition coefficient (Wildman–Crippen LogP) is 10.2. The van der Waals surface area contributed by atoms with Gasteiger partial charge in [-0.15, -0.1) is 0 Å². The highest BCUT2D eigenvalue weighted by molar-refractivity contribution is 9.10. The van der Waals surface area contributed by atoms with Gasteiger partial charge in [-0.1, -0.05) is 168 Å². The molecule has 5 aromatic carbocycles. The summed E-state index contributed by atoms with van der Waals surface area (Å²) in [5.74, 6) is 0.466. The number of hydrogen-bond donors (Lipinski definition) is 1. The highest BCUT2D eigenvalue weighted by Crippen LogP contribution is 2.48. The molecule has 5 atom stereocenters. The summed E-state index contributed by atoms with van der Waals surface area (Å²) in [7, 11) is -2.94. The standard InChI is InChI=1S/C47H54BrClO6Si/c1-6-40-33(2)43(52-30-34-19-11-7-12-20-34)46(53-31-35-21-13-8-14-22-35)44(55-40)39-29-36(42(49)45(41(39)48)51-28-27-50)32-54-56(47(3,4)5,37-23-15-9-16-24-37)38-25-17-10-18-26-38/h7-26,29,33,40,43-44,46,50H,6,27-28,30-32H2,1-5H3/t33-,40-,43+,44?,46-/m1/s1. The summed E-state index contributed by atoms with van der Waals surface area (Å²) >= 11 is 11.2. The number of halogens is 2. The van der Waals surface area contributed by atoms with Crippen molar-refractivity contribution < 1.29 is 28.5 Å². The van der Waals surface area contributed by atoms with Crippen molar-refractivity contribution in [2.75, 3.05) is 13.2 Å². The Labute approximate surface area is 347 Å². The lowest BCUT2D eigenvalue weighted by molar-refractivity contribution is -0.235. The normalized spacial score (nSPS) is 20.2. The number of hydrogen-bond acceptors (Lipinski definition) is 6. The topological polar surface area (TPSA) is 66.4 Å². The zero-order chi connectivity index (χ0) is 39.7. The van der Waals surface area contributed by atoms with Crippen LogP contribution < -0.4 is 15.1 Å². The summed E-state index contributed by atoms with van der Waals surface area (Å²) in [4.78, 5) is 0. The minimum atomic E-state index is -2.94. The zero-order valence-corrected chi connectivity index (χ0v) is 36.3. The van der Waals surface area contributed by atoms with E-state index in [2.05, 4.69) is 129 Å². The molecule has 1 fully saturated rings. The Morgan fingerprint density at radius 3 is 1.73 bits per heavy atom. The van der Waals surface area contributed by atoms with Crippen molar-refractivity contribution in [2.45, 2.75) is 90.3 Å². The van der Waals surface area contributed by atoms with Crippen molar-refractivity contribution in [1.29, 1.82) is 0 Å². The van der Waals surface area contributed by atoms with Crippen LogP contribution in [-0.2, 0) is 38.5 Å². The van der Waals surface area contributed by atoms with Crippen LogP contribution in [0.15, 0.2) is 132 Å². The fourth-order valence-electron chi connectivity index (χ4n) is 7.97. The predicted molar refractivity (Wildman–Crippen MR) is 231 cm³/mol. The molecule has 1 aliphatic heterocycles. The molecule has 0 amide bonds. The van der Waals surface area contributed by atoms with Crippen molar-refractivity contribution in [3.05, 3.63) is 159 Å². The van der Waals surface area contributed by atoms with Crippen LogP contribution in [0.25, 0.3) is 0 Å². The average molecular weight is 858 g/mol. The molecule has 0 aromatic heterocycles. The molecule has 5 aromatic rings. The van der Waals surface area contributed by atoms with E-state index in [1.54, 1.807) is 0 Å². The lowest BCUT2D eigenvalue weighted by atomic mass is 9.84. The van der Waals surface area contributed by atoms with Gasteiger partial charge < -0.3 is 28.5 Å². The number of rotatable bonds is 16. The molecule has 1 N–H and O–H groups in total. The Balaban J connectivity index is 1.46. The SMILES string of the molecule is CC[C@H]1OC(c2cc(CO[Si](c3ccccc3)(c3ccccc3)C(C)(C)C)c(Cl)c(OCCO)c2Br)[C@H](OCc2ccccc2)[C@@H](OCc2ccccc2)[C@@H]1C. The van der Waals surface area contributed by atoms with E-state index in [0.717, 1.165) is 28.7 Å². The van der Waals surface area contributed by atoms with Crippen LogP contribution >= 0.6 is 27.5 Å². The number of aliphatic hydroxyl groups excluding tert-OH is 1. The van der Waals surface area contributed by atoms with Gasteiger partial charge in [0.2, 0.25) is 0 Å². The molecule has 1 aliphatic rings. The Bertz CT molecular complexity index is 1920. The lowest BCUT2D eigenvalue weighted by Gasteiger charge is -2.46. The van der Waals surface area contributed by atoms with Gasteiger partial charge in [0.15, 0.2) is 5.75 Å². The molecule has 0 spiro atoms. The first-order valence-corrected chi connectivity index (χ1v) is 22.6. The minimum Gasteiger partial charge on any atom is -0.488 e. The lowest BCUT2D eigenvalue weighted by Crippen LogP contribution is -2.66. The first kappa shape index (κ1) is 42.3. The second-order valence-electron chi connectivity index (χ2n) is 15.5. The van der Waals surface area contributed by atoms with E-state index in [4.69, 9.17) is 35.0 Å². The third kappa shape index (κ3) is 9.35. The second kappa shape index (κ2) is 19.4. The molecule has 0 radical (unpaired) electrons. The maximum atomic E-state index is 9.89. The van der Waals surface area contributed by atoms with Gasteiger partial charge in [-0.2, -0.15) is 0 Å². The smallest absolute Gasteiger partial charge is 0.261 e. The summed E-state index contributed by atoms with van der Waals surface area (Å²) < 4.78 is 35.1. The van der Waals surface area contributed by atoms with Crippen LogP contribution in [0, 0.1) is 5.92 Å². The third-order valence-electron chi connectivity index (χ3n) is 10.8. The molecule has 6 nitrogen and oxygen atoms in total. The van der Waals surface area contributed by atoms with E-state index in [1.165, 1.54) is 10.4 Å². The largest absolute Gasteiger partial charge is 0.488 e. The molecule has 296 valence electrons. The maximum absolute atomic E-state index is 9.89. The van der Waals surface area contributed by atoms with E-state index in [9.17, 15) is 5.11 Å². The molecule has 0 saturated carbocycles. The fourth-order valence-corrected chi connectivity index (χ4v) is 13.5. The summed E-state index contributed by atoms with van der Waals surface area (Å²) in [6.07, 6.45) is -0.681. The average Bonchev–Trinajstić information content (AvgIpc) is 3.22. The van der Waals surface area contributed by atoms with E-state index in [-0.39, 0.29) is 43.0 Å². The van der Waals surface area contributed by atoms with Crippen LogP contribution in [0.5, 0.6) is 5.75 Å². The van der Waals surface area contributed by atoms with E-state index in [0.29, 0.717) is 28.5 Å². The Morgan fingerprint density at radius 1 is 0.750 bits per heavy atom. The van der Waals surface area contributed by atoms with Crippen molar-refractivity contribution in [1.82, 2.24) is 0 Å². The highest BCUT2D eigenvalue weighted by Gasteiger charge is 2.51. The molecule has 6 rings (SSSR count). The molecule has 1 unspecified atom stereocenters. The summed E-state index contributed by atoms with van der Waals surface area (Å²) in [6, 6.07) is 43.6. The quantitative estimate of drug-likeness (QED) is 0.0998. The molecule has 56 heavy (non-hydrogen) atoms. The van der Waals surface area contributed by atoms with Gasteiger partial charge in [0.25, 0.3) is 8.32 Å². The summed E-state index contributed by atoms with van der Waals surface area (Å²) in [6.45, 7) is 12.0. The Kier molecular flexibility index (Phi) is 14.7. The van der Waals surface area contributed by atoms with Crippen molar-refractivity contribution in [2.24, 2.45) is 5.92 Å². The van der Waals surface area contributed by atoms with Gasteiger partial charge in [-0.25, -0.2) is 0 Å². The molecule has 0 bridgehead atoms. The van der Waals surface area contributed by atoms with Crippen molar-refractivity contribution >= 4 is 46.2 Å². The molecular weight excluding hydrogens is 804 g/mol. The molecule has 9 heteroatoms. The molecule has 0 aliphatic carbocycles. The van der Waals surface area contributed by atoms with E-state index >= 15 is 0 Å². The monoisotopic (exact) mass is 856 g/mol. The first-order chi connectivity index (χ1) is 27.1. The van der Waals surface area contributed by atoms with Crippen LogP contribution in [0.1, 0.15) is 69.4 Å². The molecule has 1 saturated heterocycles. The van der Waals surface area contributed by atoms with Gasteiger partial charge in [0.1, 0.15) is 18.8 Å². The van der Waals surface area contributed by atoms with Gasteiger partial charge in [-0.3, -0.25) is 0 Å². The highest BCUT2D eigenvalue weighted by atomic mass is 79.9. The summed E-state index contributed by atoms with van der Waals surface area (Å²) in [5, 5.41) is 12.4. The maximum Gasteiger partial charge on any atom is 0.261 e. The fraction of sp³-hybridized carbons (Fsp3) is 0.362. The Hall–Kier alpha value is -3.31. The van der Waals surface area contributed by atoms with Crippen molar-refractivity contribution in [3.8, 4) is 5.75 Å². The number of ether oxygens (including phenoxy) is 4. The van der Waals surface area contributed by atoms with Gasteiger partial charge in [0.05, 0.1) is 48.1 Å². The van der Waals surface area contributed by atoms with E-state index < -0.39 is 20.5 Å². The van der Waals surface area contributed by atoms with Gasteiger partial charge in [-0.05, 0) is 60.5 Å². The van der Waals surface area contributed by atoms with Crippen LogP contribution in [0.3, 0.4) is 0 Å². The first-order valence-electron chi connectivity index (χ1n) is 19.5. The van der Waals surface area contributed by atoms with Crippen LogP contribution in [-0.4, -0.2) is 44.9 Å². The minimum absolute atomic E-state index is 0.0369. The molecule has 1 heterocycles. The number of aliphatic hydroxyl groups is 1. The summed E-state index contributed by atoms with van der Waals surface area (Å²) in [5.41, 5.74) is 3.72. The zero-order valence-electron chi connectivity index (χ0n) is 33.0. The van der Waals surface area contributed by atoms with Crippen LogP contribution in [0.2, 0.25) is 10.1 Å². The number of benzene rings is 5.